The fourth-order valence-corrected chi connectivity index (χ4v) is 2.89. The molecular weight excluding hydrogens is 436 g/mol. The fourth-order valence-electron chi connectivity index (χ4n) is 2.89. The number of phenols is 1. The van der Waals surface area contributed by atoms with Crippen LogP contribution in [0.25, 0.3) is 0 Å². The largest absolute Gasteiger partial charge is 0.508 e. The van der Waals surface area contributed by atoms with Crippen LogP contribution < -0.4 is 21.7 Å². The van der Waals surface area contributed by atoms with Crippen molar-refractivity contribution in [3.8, 4) is 5.75 Å². The summed E-state index contributed by atoms with van der Waals surface area (Å²) < 4.78 is 0. The third kappa shape index (κ3) is 9.43. The molecule has 9 N–H and O–H groups in total. The van der Waals surface area contributed by atoms with Gasteiger partial charge in [0.25, 0.3) is 0 Å². The van der Waals surface area contributed by atoms with Gasteiger partial charge in [-0.25, -0.2) is 4.79 Å². The van der Waals surface area contributed by atoms with Crippen LogP contribution in [0.3, 0.4) is 0 Å². The summed E-state index contributed by atoms with van der Waals surface area (Å²) in [6, 6.07) is 0.686. The van der Waals surface area contributed by atoms with E-state index in [0.717, 1.165) is 0 Å². The highest BCUT2D eigenvalue weighted by molar-refractivity contribution is 5.94. The topological polar surface area (TPSA) is 211 Å². The number of aliphatic carboxylic acids is 1. The van der Waals surface area contributed by atoms with Crippen molar-refractivity contribution in [2.45, 2.75) is 50.9 Å². The molecule has 33 heavy (non-hydrogen) atoms. The van der Waals surface area contributed by atoms with E-state index in [1.807, 2.05) is 19.2 Å². The van der Waals surface area contributed by atoms with Crippen molar-refractivity contribution in [3.05, 3.63) is 29.8 Å². The number of carboxylic acid groups (broad SMARTS) is 1. The van der Waals surface area contributed by atoms with E-state index >= 15 is 0 Å². The number of hydrogen-bond acceptors (Lipinski definition) is 8. The van der Waals surface area contributed by atoms with Gasteiger partial charge >= 0.3 is 5.97 Å². The normalized spacial score (nSPS) is 14.6. The number of rotatable bonds is 13. The lowest BCUT2D eigenvalue weighted by Crippen LogP contribution is -2.59. The van der Waals surface area contributed by atoms with Gasteiger partial charge in [-0.1, -0.05) is 26.0 Å². The van der Waals surface area contributed by atoms with E-state index < -0.39 is 61.1 Å². The van der Waals surface area contributed by atoms with Crippen molar-refractivity contribution in [1.29, 1.82) is 0 Å². The van der Waals surface area contributed by atoms with E-state index in [1.54, 1.807) is 12.1 Å². The Morgan fingerprint density at radius 3 is 1.82 bits per heavy atom. The molecule has 0 aliphatic heterocycles. The average molecular weight is 469 g/mol. The summed E-state index contributed by atoms with van der Waals surface area (Å²) in [7, 11) is 0. The summed E-state index contributed by atoms with van der Waals surface area (Å²) in [6.07, 6.45) is 0.360. The van der Waals surface area contributed by atoms with Crippen LogP contribution in [0.1, 0.15) is 25.8 Å². The van der Waals surface area contributed by atoms with Crippen molar-refractivity contribution in [2.24, 2.45) is 11.7 Å². The number of hydrogen-bond donors (Lipinski definition) is 8. The average Bonchev–Trinajstić information content (AvgIpc) is 2.75. The van der Waals surface area contributed by atoms with Crippen LogP contribution in [0, 0.1) is 5.92 Å². The Morgan fingerprint density at radius 2 is 1.33 bits per heavy atom. The SMILES string of the molecule is CC(C)CC(N)C(=O)NC(Cc1ccc(O)cc1)C(=O)NC(CO)C(=O)NC(CO)C(=O)O. The van der Waals surface area contributed by atoms with Crippen molar-refractivity contribution in [3.63, 3.8) is 0 Å². The Bertz CT molecular complexity index is 815. The summed E-state index contributed by atoms with van der Waals surface area (Å²) in [6.45, 7) is 2.02. The van der Waals surface area contributed by atoms with Crippen molar-refractivity contribution < 1.29 is 39.6 Å². The smallest absolute Gasteiger partial charge is 0.328 e. The molecule has 0 aliphatic carbocycles. The van der Waals surface area contributed by atoms with Gasteiger partial charge in [-0.05, 0) is 30.0 Å². The van der Waals surface area contributed by atoms with Gasteiger partial charge in [-0.3, -0.25) is 14.4 Å². The quantitative estimate of drug-likeness (QED) is 0.158. The van der Waals surface area contributed by atoms with E-state index in [9.17, 15) is 29.4 Å². The van der Waals surface area contributed by atoms with Gasteiger partial charge in [0.15, 0.2) is 0 Å². The number of aliphatic hydroxyl groups is 2. The number of amides is 3. The molecule has 12 nitrogen and oxygen atoms in total. The second kappa shape index (κ2) is 13.4. The molecule has 4 atom stereocenters. The predicted molar refractivity (Wildman–Crippen MR) is 117 cm³/mol. The minimum absolute atomic E-state index is 0.0108. The number of aliphatic hydroxyl groups excluding tert-OH is 2. The molecular formula is C21H32N4O8. The zero-order valence-corrected chi connectivity index (χ0v) is 18.5. The van der Waals surface area contributed by atoms with Gasteiger partial charge in [0.2, 0.25) is 17.7 Å². The molecule has 0 aromatic heterocycles. The van der Waals surface area contributed by atoms with E-state index in [4.69, 9.17) is 15.9 Å². The maximum atomic E-state index is 12.9. The molecule has 0 fully saturated rings. The molecule has 4 unspecified atom stereocenters. The molecule has 0 saturated carbocycles. The maximum Gasteiger partial charge on any atom is 0.328 e. The number of nitrogens with two attached hydrogens (primary N) is 1. The minimum atomic E-state index is -1.62. The first-order valence-electron chi connectivity index (χ1n) is 10.4. The molecule has 0 spiro atoms. The lowest BCUT2D eigenvalue weighted by molar-refractivity contribution is -0.143. The Morgan fingerprint density at radius 1 is 0.848 bits per heavy atom. The van der Waals surface area contributed by atoms with Crippen LogP contribution in [-0.4, -0.2) is 81.5 Å². The molecule has 12 heteroatoms. The van der Waals surface area contributed by atoms with Crippen LogP contribution >= 0.6 is 0 Å². The van der Waals surface area contributed by atoms with E-state index in [0.29, 0.717) is 12.0 Å². The molecule has 1 aromatic carbocycles. The summed E-state index contributed by atoms with van der Waals surface area (Å²) in [4.78, 5) is 48.6. The predicted octanol–water partition coefficient (Wildman–Crippen LogP) is -2.17. The number of benzene rings is 1. The van der Waals surface area contributed by atoms with Crippen LogP contribution in [0.2, 0.25) is 0 Å². The van der Waals surface area contributed by atoms with Crippen molar-refractivity contribution >= 4 is 23.7 Å². The van der Waals surface area contributed by atoms with Gasteiger partial charge in [0.1, 0.15) is 23.9 Å². The van der Waals surface area contributed by atoms with Gasteiger partial charge in [0, 0.05) is 6.42 Å². The Hall–Kier alpha value is -3.22. The highest BCUT2D eigenvalue weighted by atomic mass is 16.4. The van der Waals surface area contributed by atoms with Gasteiger partial charge in [0.05, 0.1) is 19.3 Å². The van der Waals surface area contributed by atoms with Crippen LogP contribution in [0.4, 0.5) is 0 Å². The van der Waals surface area contributed by atoms with Crippen LogP contribution in [-0.2, 0) is 25.6 Å². The van der Waals surface area contributed by atoms with Crippen molar-refractivity contribution in [1.82, 2.24) is 16.0 Å². The van der Waals surface area contributed by atoms with Gasteiger partial charge < -0.3 is 42.1 Å². The third-order valence-electron chi connectivity index (χ3n) is 4.68. The molecule has 3 amide bonds. The van der Waals surface area contributed by atoms with E-state index in [1.165, 1.54) is 12.1 Å². The second-order valence-electron chi connectivity index (χ2n) is 7.99. The van der Waals surface area contributed by atoms with E-state index in [2.05, 4.69) is 10.6 Å². The molecule has 0 aliphatic rings. The highest BCUT2D eigenvalue weighted by Crippen LogP contribution is 2.12. The lowest BCUT2D eigenvalue weighted by Gasteiger charge is -2.24. The standard InChI is InChI=1S/C21H32N4O8/c1-11(2)7-14(22)18(29)23-15(8-12-3-5-13(28)6-4-12)19(30)24-16(9-26)20(31)25-17(10-27)21(32)33/h3-6,11,14-17,26-28H,7-10,22H2,1-2H3,(H,23,29)(H,24,30)(H,25,31)(H,32,33). The lowest BCUT2D eigenvalue weighted by atomic mass is 10.0. The minimum Gasteiger partial charge on any atom is -0.508 e. The Labute approximate surface area is 191 Å². The molecule has 1 rings (SSSR count). The number of aromatic hydroxyl groups is 1. The molecule has 0 saturated heterocycles. The first kappa shape index (κ1) is 27.8. The molecule has 1 aromatic rings. The highest BCUT2D eigenvalue weighted by Gasteiger charge is 2.30. The maximum absolute atomic E-state index is 12.9. The first-order chi connectivity index (χ1) is 15.5. The third-order valence-corrected chi connectivity index (χ3v) is 4.68. The fraction of sp³-hybridized carbons (Fsp3) is 0.524. The van der Waals surface area contributed by atoms with Crippen molar-refractivity contribution in [2.75, 3.05) is 13.2 Å². The molecule has 184 valence electrons. The summed E-state index contributed by atoms with van der Waals surface area (Å²) in [5, 5.41) is 43.8. The summed E-state index contributed by atoms with van der Waals surface area (Å²) in [5.74, 6) is -3.79. The summed E-state index contributed by atoms with van der Waals surface area (Å²) >= 11 is 0. The zero-order valence-electron chi connectivity index (χ0n) is 18.5. The van der Waals surface area contributed by atoms with Crippen LogP contribution in [0.15, 0.2) is 24.3 Å². The number of carbonyl (C=O) groups excluding carboxylic acids is 3. The van der Waals surface area contributed by atoms with Crippen LogP contribution in [0.5, 0.6) is 5.75 Å². The molecule has 0 radical (unpaired) electrons. The number of carbonyl (C=O) groups is 4. The number of phenolic OH excluding ortho intramolecular Hbond substituents is 1. The number of carboxylic acids is 1. The van der Waals surface area contributed by atoms with Gasteiger partial charge in [-0.15, -0.1) is 0 Å². The van der Waals surface area contributed by atoms with Gasteiger partial charge in [-0.2, -0.15) is 0 Å². The molecule has 0 heterocycles. The molecule has 0 bridgehead atoms. The first-order valence-corrected chi connectivity index (χ1v) is 10.4. The number of nitrogens with one attached hydrogen (secondary N) is 3. The Kier molecular flexibility index (Phi) is 11.3. The zero-order chi connectivity index (χ0) is 25.1. The summed E-state index contributed by atoms with van der Waals surface area (Å²) in [5.41, 5.74) is 6.48. The second-order valence-corrected chi connectivity index (χ2v) is 7.99. The van der Waals surface area contributed by atoms with E-state index in [-0.39, 0.29) is 18.1 Å². The monoisotopic (exact) mass is 468 g/mol. The Balaban J connectivity index is 3.00.